The first-order chi connectivity index (χ1) is 9.10. The van der Waals surface area contributed by atoms with Crippen molar-refractivity contribution in [3.63, 3.8) is 0 Å². The fraction of sp³-hybridized carbons (Fsp3) is 0.692. The smallest absolute Gasteiger partial charge is 0.334 e. The van der Waals surface area contributed by atoms with Crippen LogP contribution in [0.2, 0.25) is 0 Å². The molecule has 1 aliphatic rings. The van der Waals surface area contributed by atoms with E-state index in [0.717, 1.165) is 6.42 Å². The summed E-state index contributed by atoms with van der Waals surface area (Å²) in [4.78, 5) is 23.8. The fourth-order valence-electron chi connectivity index (χ4n) is 2.02. The highest BCUT2D eigenvalue weighted by Gasteiger charge is 2.28. The third kappa shape index (κ3) is 4.65. The molecule has 0 amide bonds. The maximum absolute atomic E-state index is 11.9. The molecule has 19 heavy (non-hydrogen) atoms. The van der Waals surface area contributed by atoms with Crippen molar-refractivity contribution in [3.05, 3.63) is 11.1 Å². The van der Waals surface area contributed by atoms with Crippen LogP contribution in [0.4, 0.5) is 0 Å². The van der Waals surface area contributed by atoms with E-state index in [0.29, 0.717) is 29.9 Å². The van der Waals surface area contributed by atoms with E-state index < -0.39 is 11.9 Å². The van der Waals surface area contributed by atoms with Gasteiger partial charge in [-0.05, 0) is 25.2 Å². The molecule has 0 aliphatic heterocycles. The molecule has 1 aliphatic carbocycles. The maximum Gasteiger partial charge on any atom is 0.334 e. The Morgan fingerprint density at radius 2 is 1.63 bits per heavy atom. The van der Waals surface area contributed by atoms with Gasteiger partial charge < -0.3 is 20.9 Å². The Hall–Kier alpha value is -1.40. The van der Waals surface area contributed by atoms with E-state index in [1.54, 1.807) is 0 Å². The lowest BCUT2D eigenvalue weighted by Gasteiger charge is -2.22. The minimum Gasteiger partial charge on any atom is -0.461 e. The number of rotatable bonds is 6. The molecule has 6 heteroatoms. The average molecular weight is 270 g/mol. The number of carbonyl (C=O) groups excluding carboxylic acids is 2. The predicted molar refractivity (Wildman–Crippen MR) is 70.1 cm³/mol. The largest absolute Gasteiger partial charge is 0.461 e. The van der Waals surface area contributed by atoms with Gasteiger partial charge in [-0.3, -0.25) is 0 Å². The molecule has 0 spiro atoms. The second kappa shape index (κ2) is 7.91. The zero-order chi connectivity index (χ0) is 14.3. The number of ether oxygens (including phenoxy) is 2. The van der Waals surface area contributed by atoms with Crippen LogP contribution in [0.5, 0.6) is 0 Å². The van der Waals surface area contributed by atoms with Crippen LogP contribution in [-0.2, 0) is 19.1 Å². The van der Waals surface area contributed by atoms with Gasteiger partial charge >= 0.3 is 11.9 Å². The molecular formula is C13H22N2O4. The van der Waals surface area contributed by atoms with Gasteiger partial charge in [-0.2, -0.15) is 0 Å². The lowest BCUT2D eigenvalue weighted by atomic mass is 9.85. The number of nitrogens with two attached hydrogens (primary N) is 2. The minimum atomic E-state index is -0.461. The summed E-state index contributed by atoms with van der Waals surface area (Å²) in [7, 11) is 0. The van der Waals surface area contributed by atoms with Crippen molar-refractivity contribution >= 4 is 11.9 Å². The Kier molecular flexibility index (Phi) is 6.52. The number of esters is 2. The fourth-order valence-corrected chi connectivity index (χ4v) is 2.02. The lowest BCUT2D eigenvalue weighted by molar-refractivity contribution is -0.142. The summed E-state index contributed by atoms with van der Waals surface area (Å²) in [5, 5.41) is 0. The molecule has 4 N–H and O–H groups in total. The second-order valence-electron chi connectivity index (χ2n) is 4.65. The van der Waals surface area contributed by atoms with E-state index in [2.05, 4.69) is 0 Å². The molecule has 1 rings (SSSR count). The lowest BCUT2D eigenvalue weighted by Crippen LogP contribution is -2.24. The Morgan fingerprint density at radius 1 is 1.11 bits per heavy atom. The minimum absolute atomic E-state index is 0.155. The van der Waals surface area contributed by atoms with Crippen LogP contribution in [0.3, 0.4) is 0 Å². The van der Waals surface area contributed by atoms with Crippen LogP contribution in [0.15, 0.2) is 11.1 Å². The highest BCUT2D eigenvalue weighted by molar-refractivity contribution is 6.00. The van der Waals surface area contributed by atoms with Gasteiger partial charge in [0.2, 0.25) is 0 Å². The van der Waals surface area contributed by atoms with Crippen LogP contribution in [0, 0.1) is 5.92 Å². The van der Waals surface area contributed by atoms with Crippen molar-refractivity contribution in [2.24, 2.45) is 17.4 Å². The van der Waals surface area contributed by atoms with Crippen LogP contribution in [0.1, 0.15) is 26.2 Å². The van der Waals surface area contributed by atoms with E-state index >= 15 is 0 Å². The van der Waals surface area contributed by atoms with Crippen molar-refractivity contribution in [2.75, 3.05) is 26.3 Å². The van der Waals surface area contributed by atoms with Crippen LogP contribution < -0.4 is 11.5 Å². The predicted octanol–water partition coefficient (Wildman–Crippen LogP) is 0.107. The van der Waals surface area contributed by atoms with Gasteiger partial charge in [-0.25, -0.2) is 9.59 Å². The summed E-state index contributed by atoms with van der Waals surface area (Å²) in [6.07, 6.45) is 1.94. The Morgan fingerprint density at radius 3 is 2.16 bits per heavy atom. The van der Waals surface area contributed by atoms with Gasteiger partial charge in [0.25, 0.3) is 0 Å². The van der Waals surface area contributed by atoms with Crippen molar-refractivity contribution < 1.29 is 19.1 Å². The molecule has 0 saturated carbocycles. The maximum atomic E-state index is 11.9. The highest BCUT2D eigenvalue weighted by atomic mass is 16.5. The third-order valence-corrected chi connectivity index (χ3v) is 3.00. The summed E-state index contributed by atoms with van der Waals surface area (Å²) in [5.41, 5.74) is 11.4. The Bertz CT molecular complexity index is 366. The molecule has 1 atom stereocenters. The van der Waals surface area contributed by atoms with Crippen LogP contribution in [-0.4, -0.2) is 38.2 Å². The summed E-state index contributed by atoms with van der Waals surface area (Å²) < 4.78 is 10.0. The summed E-state index contributed by atoms with van der Waals surface area (Å²) in [5.74, 6) is -0.569. The molecule has 0 bridgehead atoms. The first-order valence-electron chi connectivity index (χ1n) is 6.56. The third-order valence-electron chi connectivity index (χ3n) is 3.00. The van der Waals surface area contributed by atoms with E-state index in [1.807, 2.05) is 6.92 Å². The zero-order valence-corrected chi connectivity index (χ0v) is 11.3. The molecule has 6 nitrogen and oxygen atoms in total. The molecule has 0 fully saturated rings. The van der Waals surface area contributed by atoms with Crippen molar-refractivity contribution in [1.29, 1.82) is 0 Å². The second-order valence-corrected chi connectivity index (χ2v) is 4.65. The van der Waals surface area contributed by atoms with Crippen LogP contribution >= 0.6 is 0 Å². The van der Waals surface area contributed by atoms with E-state index in [1.165, 1.54) is 0 Å². The zero-order valence-electron chi connectivity index (χ0n) is 11.3. The molecule has 108 valence electrons. The Labute approximate surface area is 113 Å². The van der Waals surface area contributed by atoms with Gasteiger partial charge in [0.1, 0.15) is 13.2 Å². The van der Waals surface area contributed by atoms with E-state index in [9.17, 15) is 9.59 Å². The average Bonchev–Trinajstić information content (AvgIpc) is 2.41. The quantitative estimate of drug-likeness (QED) is 0.664. The molecular weight excluding hydrogens is 248 g/mol. The van der Waals surface area contributed by atoms with Gasteiger partial charge in [-0.15, -0.1) is 0 Å². The standard InChI is InChI=1S/C13H22N2O4/c1-9-2-3-10(12(16)18-6-4-14)11(8-9)13(17)19-7-5-15/h9H,2-8,14-15H2,1H3. The summed E-state index contributed by atoms with van der Waals surface area (Å²) in [6, 6.07) is 0. The van der Waals surface area contributed by atoms with Crippen molar-refractivity contribution in [1.82, 2.24) is 0 Å². The molecule has 0 heterocycles. The monoisotopic (exact) mass is 270 g/mol. The normalized spacial score (nSPS) is 19.2. The van der Waals surface area contributed by atoms with Gasteiger partial charge in [0.15, 0.2) is 0 Å². The summed E-state index contributed by atoms with van der Waals surface area (Å²) in [6.45, 7) is 2.88. The topological polar surface area (TPSA) is 105 Å². The van der Waals surface area contributed by atoms with E-state index in [4.69, 9.17) is 20.9 Å². The van der Waals surface area contributed by atoms with Gasteiger partial charge in [0.05, 0.1) is 0 Å². The van der Waals surface area contributed by atoms with Gasteiger partial charge in [-0.1, -0.05) is 6.92 Å². The number of hydrogen-bond acceptors (Lipinski definition) is 6. The molecule has 0 radical (unpaired) electrons. The molecule has 0 aromatic carbocycles. The molecule has 0 aromatic heterocycles. The first-order valence-corrected chi connectivity index (χ1v) is 6.56. The molecule has 1 unspecified atom stereocenters. The number of hydrogen-bond donors (Lipinski definition) is 2. The van der Waals surface area contributed by atoms with Crippen molar-refractivity contribution in [3.8, 4) is 0 Å². The molecule has 0 aromatic rings. The van der Waals surface area contributed by atoms with Crippen LogP contribution in [0.25, 0.3) is 0 Å². The first kappa shape index (κ1) is 15.7. The Balaban J connectivity index is 2.83. The van der Waals surface area contributed by atoms with E-state index in [-0.39, 0.29) is 26.3 Å². The summed E-state index contributed by atoms with van der Waals surface area (Å²) >= 11 is 0. The SMILES string of the molecule is CC1CCC(C(=O)OCCN)=C(C(=O)OCCN)C1. The number of carbonyl (C=O) groups is 2. The molecule has 0 saturated heterocycles. The van der Waals surface area contributed by atoms with Crippen molar-refractivity contribution in [2.45, 2.75) is 26.2 Å². The highest BCUT2D eigenvalue weighted by Crippen LogP contribution is 2.30. The van der Waals surface area contributed by atoms with Gasteiger partial charge in [0, 0.05) is 24.2 Å².